The molecule has 2 heteroatoms. The fraction of sp³-hybridized carbons (Fsp3) is 0.571. The van der Waals surface area contributed by atoms with Crippen LogP contribution in [-0.4, -0.2) is 10.9 Å². The molecule has 1 rings (SSSR count). The van der Waals surface area contributed by atoms with E-state index in [4.69, 9.17) is 0 Å². The molecule has 0 saturated heterocycles. The Bertz CT molecular complexity index is 575. The van der Waals surface area contributed by atoms with Crippen molar-refractivity contribution in [2.75, 3.05) is 0 Å². The first kappa shape index (κ1) is 19.5. The van der Waals surface area contributed by atoms with Crippen LogP contribution in [0.1, 0.15) is 102 Å². The summed E-state index contributed by atoms with van der Waals surface area (Å²) in [6.45, 7) is 16.5. The molecule has 0 amide bonds. The third-order valence-electron chi connectivity index (χ3n) is 4.46. The lowest BCUT2D eigenvalue weighted by Gasteiger charge is -2.23. The van der Waals surface area contributed by atoms with Crippen molar-refractivity contribution in [2.45, 2.75) is 79.6 Å². The maximum absolute atomic E-state index is 12.0. The molecule has 0 heterocycles. The van der Waals surface area contributed by atoms with E-state index in [2.05, 4.69) is 53.7 Å². The van der Waals surface area contributed by atoms with E-state index in [1.165, 1.54) is 5.56 Å². The van der Waals surface area contributed by atoms with Crippen LogP contribution in [0.4, 0.5) is 0 Å². The summed E-state index contributed by atoms with van der Waals surface area (Å²) in [7, 11) is 0. The van der Waals surface area contributed by atoms with Crippen molar-refractivity contribution in [1.29, 1.82) is 0 Å². The molecule has 23 heavy (non-hydrogen) atoms. The highest BCUT2D eigenvalue weighted by atomic mass is 16.3. The molecule has 0 aliphatic heterocycles. The highest BCUT2D eigenvalue weighted by molar-refractivity contribution is 6.01. The van der Waals surface area contributed by atoms with Gasteiger partial charge in [0.15, 0.2) is 5.78 Å². The first-order valence-electron chi connectivity index (χ1n) is 8.72. The molecular formula is C21H32O2. The maximum Gasteiger partial charge on any atom is 0.162 e. The van der Waals surface area contributed by atoms with Crippen molar-refractivity contribution < 1.29 is 9.90 Å². The van der Waals surface area contributed by atoms with Gasteiger partial charge in [0.25, 0.3) is 0 Å². The Kier molecular flexibility index (Phi) is 6.61. The second kappa shape index (κ2) is 7.81. The highest BCUT2D eigenvalue weighted by Gasteiger charge is 2.22. The largest absolute Gasteiger partial charge is 0.507 e. The predicted molar refractivity (Wildman–Crippen MR) is 99.2 cm³/mol. The first-order valence-corrected chi connectivity index (χ1v) is 8.72. The number of carbonyl (C=O) groups is 1. The van der Waals surface area contributed by atoms with Gasteiger partial charge in [-0.05, 0) is 41.4 Å². The van der Waals surface area contributed by atoms with Gasteiger partial charge in [-0.2, -0.15) is 0 Å². The Balaban J connectivity index is 3.78. The van der Waals surface area contributed by atoms with E-state index in [0.29, 0.717) is 17.9 Å². The molecule has 0 unspecified atom stereocenters. The van der Waals surface area contributed by atoms with Crippen molar-refractivity contribution in [1.82, 2.24) is 0 Å². The number of hydrogen-bond acceptors (Lipinski definition) is 2. The summed E-state index contributed by atoms with van der Waals surface area (Å²) in [5.41, 5.74) is 4.86. The van der Waals surface area contributed by atoms with Gasteiger partial charge in [0.05, 0.1) is 0 Å². The van der Waals surface area contributed by atoms with Crippen LogP contribution in [-0.2, 0) is 4.79 Å². The molecule has 1 aromatic rings. The number of aliphatic hydroxyl groups excluding tert-OH is 1. The number of rotatable bonds is 6. The van der Waals surface area contributed by atoms with Crippen LogP contribution in [0, 0.1) is 0 Å². The van der Waals surface area contributed by atoms with Gasteiger partial charge in [0.2, 0.25) is 0 Å². The highest BCUT2D eigenvalue weighted by Crippen LogP contribution is 2.36. The SMILES string of the molecule is CCC(=O)/C(C)=C(\O)c1c(C(C)C)cc(C(C)C)cc1C(C)C. The summed E-state index contributed by atoms with van der Waals surface area (Å²) >= 11 is 0. The lowest BCUT2D eigenvalue weighted by molar-refractivity contribution is -0.115. The zero-order valence-electron chi connectivity index (χ0n) is 15.9. The number of benzene rings is 1. The maximum atomic E-state index is 12.0. The minimum absolute atomic E-state index is 0.000140. The van der Waals surface area contributed by atoms with Crippen LogP contribution in [0.2, 0.25) is 0 Å². The van der Waals surface area contributed by atoms with Crippen molar-refractivity contribution >= 4 is 11.5 Å². The number of hydrogen-bond donors (Lipinski definition) is 1. The average molecular weight is 316 g/mol. The molecule has 1 aromatic carbocycles. The minimum Gasteiger partial charge on any atom is -0.507 e. The van der Waals surface area contributed by atoms with Gasteiger partial charge in [-0.25, -0.2) is 0 Å². The van der Waals surface area contributed by atoms with E-state index in [0.717, 1.165) is 16.7 Å². The Morgan fingerprint density at radius 2 is 1.39 bits per heavy atom. The summed E-state index contributed by atoms with van der Waals surface area (Å²) in [5.74, 6) is 1.16. The molecule has 2 nitrogen and oxygen atoms in total. The average Bonchev–Trinajstić information content (AvgIpc) is 2.50. The quantitative estimate of drug-likeness (QED) is 0.492. The van der Waals surface area contributed by atoms with Crippen LogP contribution < -0.4 is 0 Å². The predicted octanol–water partition coefficient (Wildman–Crippen LogP) is 6.32. The molecular weight excluding hydrogens is 284 g/mol. The van der Waals surface area contributed by atoms with Gasteiger partial charge in [0.1, 0.15) is 5.76 Å². The van der Waals surface area contributed by atoms with E-state index < -0.39 is 0 Å². The standard InChI is InChI=1S/C21H32O2/c1-9-19(22)15(8)21(23)20-17(13(4)5)10-16(12(2)3)11-18(20)14(6)7/h10-14,23H,9H2,1-8H3/b21-15-. The zero-order valence-corrected chi connectivity index (χ0v) is 15.9. The molecule has 0 spiro atoms. The number of Topliss-reactive ketones (excluding diaryl/α,β-unsaturated/α-hetero) is 1. The molecule has 0 fully saturated rings. The van der Waals surface area contributed by atoms with Crippen LogP contribution in [0.15, 0.2) is 17.7 Å². The normalized spacial score (nSPS) is 13.0. The monoisotopic (exact) mass is 316 g/mol. The van der Waals surface area contributed by atoms with Gasteiger partial charge in [-0.15, -0.1) is 0 Å². The van der Waals surface area contributed by atoms with E-state index in [-0.39, 0.29) is 23.4 Å². The van der Waals surface area contributed by atoms with Crippen molar-refractivity contribution in [3.63, 3.8) is 0 Å². The third-order valence-corrected chi connectivity index (χ3v) is 4.46. The number of allylic oxidation sites excluding steroid dienone is 1. The van der Waals surface area contributed by atoms with Gasteiger partial charge in [-0.3, -0.25) is 4.79 Å². The first-order chi connectivity index (χ1) is 10.6. The van der Waals surface area contributed by atoms with Crippen molar-refractivity contribution in [3.8, 4) is 0 Å². The summed E-state index contributed by atoms with van der Waals surface area (Å²) in [5, 5.41) is 10.8. The second-order valence-corrected chi connectivity index (χ2v) is 7.29. The van der Waals surface area contributed by atoms with E-state index >= 15 is 0 Å². The summed E-state index contributed by atoms with van der Waals surface area (Å²) < 4.78 is 0. The van der Waals surface area contributed by atoms with Gasteiger partial charge >= 0.3 is 0 Å². The molecule has 1 N–H and O–H groups in total. The third kappa shape index (κ3) is 4.25. The van der Waals surface area contributed by atoms with E-state index in [1.807, 2.05) is 6.92 Å². The van der Waals surface area contributed by atoms with Gasteiger partial charge < -0.3 is 5.11 Å². The topological polar surface area (TPSA) is 37.3 Å². The molecule has 0 atom stereocenters. The number of aliphatic hydroxyl groups is 1. The molecule has 0 saturated carbocycles. The molecule has 0 aliphatic carbocycles. The van der Waals surface area contributed by atoms with Gasteiger partial charge in [-0.1, -0.05) is 60.6 Å². The summed E-state index contributed by atoms with van der Waals surface area (Å²) in [6.07, 6.45) is 0.411. The fourth-order valence-electron chi connectivity index (χ4n) is 2.81. The number of carbonyl (C=O) groups excluding carboxylic acids is 1. The van der Waals surface area contributed by atoms with Gasteiger partial charge in [0, 0.05) is 17.6 Å². The zero-order chi connectivity index (χ0) is 17.9. The van der Waals surface area contributed by atoms with Crippen LogP contribution in [0.3, 0.4) is 0 Å². The summed E-state index contributed by atoms with van der Waals surface area (Å²) in [6, 6.07) is 4.38. The Hall–Kier alpha value is -1.57. The molecule has 0 bridgehead atoms. The molecule has 0 radical (unpaired) electrons. The minimum atomic E-state index is -0.000140. The molecule has 0 aromatic heterocycles. The van der Waals surface area contributed by atoms with Crippen LogP contribution in [0.25, 0.3) is 5.76 Å². The second-order valence-electron chi connectivity index (χ2n) is 7.29. The Labute approximate surface area is 141 Å². The molecule has 128 valence electrons. The summed E-state index contributed by atoms with van der Waals surface area (Å²) in [4.78, 5) is 12.0. The van der Waals surface area contributed by atoms with Crippen LogP contribution in [0.5, 0.6) is 0 Å². The molecule has 0 aliphatic rings. The van der Waals surface area contributed by atoms with Crippen molar-refractivity contribution in [2.24, 2.45) is 0 Å². The lowest BCUT2D eigenvalue weighted by atomic mass is 9.83. The number of ketones is 1. The Morgan fingerprint density at radius 3 is 1.70 bits per heavy atom. The lowest BCUT2D eigenvalue weighted by Crippen LogP contribution is -2.09. The fourth-order valence-corrected chi connectivity index (χ4v) is 2.81. The Morgan fingerprint density at radius 1 is 0.957 bits per heavy atom. The van der Waals surface area contributed by atoms with Crippen LogP contribution >= 0.6 is 0 Å². The smallest absolute Gasteiger partial charge is 0.162 e. The van der Waals surface area contributed by atoms with E-state index in [9.17, 15) is 9.90 Å². The van der Waals surface area contributed by atoms with Crippen molar-refractivity contribution in [3.05, 3.63) is 40.0 Å². The van der Waals surface area contributed by atoms with E-state index in [1.54, 1.807) is 6.92 Å².